The Balaban J connectivity index is 1.12. The monoisotopic (exact) mass is 762 g/mol. The van der Waals surface area contributed by atoms with Gasteiger partial charge in [-0.25, -0.2) is 31.4 Å². The Labute approximate surface area is 305 Å². The van der Waals surface area contributed by atoms with E-state index in [2.05, 4.69) is 15.6 Å². The minimum absolute atomic E-state index is 0.193. The molecule has 2 amide bonds. The lowest BCUT2D eigenvalue weighted by Crippen LogP contribution is -2.42. The van der Waals surface area contributed by atoms with Gasteiger partial charge in [-0.05, 0) is 66.9 Å². The molecule has 1 fully saturated rings. The molecule has 0 aliphatic carbocycles. The largest absolute Gasteiger partial charge is 0.480 e. The molecule has 0 radical (unpaired) electrons. The summed E-state index contributed by atoms with van der Waals surface area (Å²) in [4.78, 5) is 67.2. The Morgan fingerprint density at radius 2 is 1.67 bits per heavy atom. The van der Waals surface area contributed by atoms with Gasteiger partial charge in [-0.2, -0.15) is 0 Å². The first-order valence-electron chi connectivity index (χ1n) is 16.4. The molecule has 0 saturated carbocycles. The zero-order valence-electron chi connectivity index (χ0n) is 28.4. The first-order valence-corrected chi connectivity index (χ1v) is 17.9. The summed E-state index contributed by atoms with van der Waals surface area (Å²) >= 11 is 0. The molecular formula is C36H32F2N6O9S. The van der Waals surface area contributed by atoms with Crippen molar-refractivity contribution < 1.29 is 41.4 Å². The van der Waals surface area contributed by atoms with Crippen LogP contribution in [0.2, 0.25) is 0 Å². The van der Waals surface area contributed by atoms with E-state index in [0.717, 1.165) is 4.57 Å². The lowest BCUT2D eigenvalue weighted by atomic mass is 9.99. The highest BCUT2D eigenvalue weighted by Gasteiger charge is 2.26. The van der Waals surface area contributed by atoms with E-state index in [1.54, 1.807) is 0 Å². The number of amides is 2. The van der Waals surface area contributed by atoms with Gasteiger partial charge in [-0.3, -0.25) is 28.7 Å². The van der Waals surface area contributed by atoms with Crippen molar-refractivity contribution in [2.75, 3.05) is 23.3 Å². The van der Waals surface area contributed by atoms with E-state index in [4.69, 9.17) is 4.74 Å². The predicted octanol–water partition coefficient (Wildman–Crippen LogP) is 2.95. The van der Waals surface area contributed by atoms with Crippen LogP contribution in [0.25, 0.3) is 16.6 Å². The number of nitrogens with zero attached hydrogens (tertiary/aromatic N) is 3. The van der Waals surface area contributed by atoms with Crippen LogP contribution >= 0.6 is 0 Å². The van der Waals surface area contributed by atoms with Crippen molar-refractivity contribution in [2.24, 2.45) is 13.0 Å². The number of benzene rings is 3. The summed E-state index contributed by atoms with van der Waals surface area (Å²) in [5.74, 6) is -5.93. The van der Waals surface area contributed by atoms with Crippen molar-refractivity contribution in [1.29, 1.82) is 0 Å². The van der Waals surface area contributed by atoms with Crippen molar-refractivity contribution in [3.05, 3.63) is 123 Å². The normalized spacial score (nSPS) is 14.0. The van der Waals surface area contributed by atoms with E-state index >= 15 is 8.78 Å². The molecule has 280 valence electrons. The molecule has 0 spiro atoms. The summed E-state index contributed by atoms with van der Waals surface area (Å²) < 4.78 is 65.6. The summed E-state index contributed by atoms with van der Waals surface area (Å²) in [7, 11) is -2.98. The van der Waals surface area contributed by atoms with Gasteiger partial charge in [0.2, 0.25) is 5.91 Å². The fourth-order valence-electron chi connectivity index (χ4n) is 5.90. The zero-order valence-corrected chi connectivity index (χ0v) is 29.2. The number of carboxylic acids is 1. The number of fused-ring (bicyclic) bond motifs is 1. The first kappa shape index (κ1) is 37.5. The van der Waals surface area contributed by atoms with Gasteiger partial charge in [0.1, 0.15) is 17.7 Å². The van der Waals surface area contributed by atoms with Crippen molar-refractivity contribution in [3.8, 4) is 5.69 Å². The Hall–Kier alpha value is -6.27. The molecule has 1 aliphatic heterocycles. The van der Waals surface area contributed by atoms with E-state index in [-0.39, 0.29) is 34.2 Å². The molecule has 18 heteroatoms. The molecule has 3 heterocycles. The van der Waals surface area contributed by atoms with Crippen LogP contribution in [0, 0.1) is 17.6 Å². The minimum atomic E-state index is -4.46. The second kappa shape index (κ2) is 15.4. The maximum absolute atomic E-state index is 15.1. The number of aromatic nitrogens is 3. The summed E-state index contributed by atoms with van der Waals surface area (Å²) in [5, 5.41) is 14.9. The van der Waals surface area contributed by atoms with Gasteiger partial charge in [0.15, 0.2) is 0 Å². The molecule has 54 heavy (non-hydrogen) atoms. The van der Waals surface area contributed by atoms with Gasteiger partial charge in [0.05, 0.1) is 38.9 Å². The number of aryl methyl sites for hydroxylation is 1. The van der Waals surface area contributed by atoms with Gasteiger partial charge >= 0.3 is 11.7 Å². The van der Waals surface area contributed by atoms with Crippen LogP contribution in [0.4, 0.5) is 20.2 Å². The van der Waals surface area contributed by atoms with Crippen molar-refractivity contribution in [2.45, 2.75) is 30.2 Å². The van der Waals surface area contributed by atoms with Crippen LogP contribution in [0.3, 0.4) is 0 Å². The topological polar surface area (TPSA) is 208 Å². The molecule has 6 rings (SSSR count). The summed E-state index contributed by atoms with van der Waals surface area (Å²) in [6.45, 7) is 0.929. The van der Waals surface area contributed by atoms with E-state index in [1.807, 2.05) is 4.72 Å². The number of aliphatic carboxylic acids is 1. The quantitative estimate of drug-likeness (QED) is 0.155. The molecule has 15 nitrogen and oxygen atoms in total. The predicted molar refractivity (Wildman–Crippen MR) is 191 cm³/mol. The van der Waals surface area contributed by atoms with Gasteiger partial charge in [-0.1, -0.05) is 12.1 Å². The third kappa shape index (κ3) is 7.88. The van der Waals surface area contributed by atoms with Crippen LogP contribution in [0.15, 0.2) is 93.6 Å². The number of hydrogen-bond donors (Lipinski definition) is 4. The van der Waals surface area contributed by atoms with Crippen LogP contribution in [0.5, 0.6) is 0 Å². The number of ether oxygens (including phenoxy) is 1. The van der Waals surface area contributed by atoms with Crippen LogP contribution < -0.4 is 26.6 Å². The molecule has 0 bridgehead atoms. The lowest BCUT2D eigenvalue weighted by molar-refractivity contribution is -0.139. The van der Waals surface area contributed by atoms with Crippen LogP contribution in [-0.2, 0) is 37.8 Å². The third-order valence-electron chi connectivity index (χ3n) is 8.88. The lowest BCUT2D eigenvalue weighted by Gasteiger charge is -2.21. The standard InChI is InChI=1S/C36H32F2N6O9S/c1-43-31-19-39-13-10-25(31)34(47)44(36(43)50)23-6-2-20(3-7-23)16-30(35(48)49)41-33(46)26-17-28(38)29(18-27(26)37)42-54(51,52)24-8-4-22(5-9-24)40-32(45)21-11-14-53-15-12-21/h2-10,13,17-19,21,30,42H,11-12,14-16H2,1H3,(H,40,45)(H,41,46)(H,48,49)/t30-/m0/s1. The second-order valence-corrected chi connectivity index (χ2v) is 14.1. The zero-order chi connectivity index (χ0) is 38.7. The number of carbonyl (C=O) groups excluding carboxylic acids is 2. The molecule has 1 aliphatic rings. The van der Waals surface area contributed by atoms with E-state index in [1.165, 1.54) is 78.6 Å². The minimum Gasteiger partial charge on any atom is -0.480 e. The number of nitrogens with one attached hydrogen (secondary N) is 3. The van der Waals surface area contributed by atoms with Gasteiger partial charge in [-0.15, -0.1) is 0 Å². The van der Waals surface area contributed by atoms with Crippen LogP contribution in [-0.4, -0.2) is 64.7 Å². The molecule has 0 unspecified atom stereocenters. The summed E-state index contributed by atoms with van der Waals surface area (Å²) in [6.07, 6.45) is 3.60. The average molecular weight is 763 g/mol. The van der Waals surface area contributed by atoms with Gasteiger partial charge < -0.3 is 20.5 Å². The number of hydrogen-bond acceptors (Lipinski definition) is 9. The van der Waals surface area contributed by atoms with E-state index in [9.17, 15) is 37.5 Å². The molecular weight excluding hydrogens is 730 g/mol. The van der Waals surface area contributed by atoms with E-state index < -0.39 is 62.1 Å². The Bertz CT molecular complexity index is 2500. The van der Waals surface area contributed by atoms with Crippen LogP contribution in [0.1, 0.15) is 28.8 Å². The smallest absolute Gasteiger partial charge is 0.335 e. The maximum atomic E-state index is 15.1. The second-order valence-electron chi connectivity index (χ2n) is 12.4. The number of anilines is 2. The highest BCUT2D eigenvalue weighted by molar-refractivity contribution is 7.92. The Morgan fingerprint density at radius 1 is 0.981 bits per heavy atom. The summed E-state index contributed by atoms with van der Waals surface area (Å²) in [5.41, 5.74) is -1.71. The highest BCUT2D eigenvalue weighted by atomic mass is 32.2. The third-order valence-corrected chi connectivity index (χ3v) is 10.3. The molecule has 1 atom stereocenters. The number of carboxylic acid groups (broad SMARTS) is 1. The molecule has 5 aromatic rings. The van der Waals surface area contributed by atoms with Crippen molar-refractivity contribution in [3.63, 3.8) is 0 Å². The fraction of sp³-hybridized carbons (Fsp3) is 0.222. The van der Waals surface area contributed by atoms with Crippen molar-refractivity contribution >= 4 is 50.1 Å². The van der Waals surface area contributed by atoms with Crippen molar-refractivity contribution in [1.82, 2.24) is 19.4 Å². The average Bonchev–Trinajstić information content (AvgIpc) is 3.16. The molecule has 1 saturated heterocycles. The number of halogens is 2. The molecule has 3 aromatic carbocycles. The number of pyridine rings is 1. The molecule has 2 aromatic heterocycles. The molecule has 4 N–H and O–H groups in total. The Morgan fingerprint density at radius 3 is 2.33 bits per heavy atom. The van der Waals surface area contributed by atoms with Gasteiger partial charge in [0.25, 0.3) is 21.5 Å². The maximum Gasteiger partial charge on any atom is 0.335 e. The Kier molecular flexibility index (Phi) is 10.7. The first-order chi connectivity index (χ1) is 25.7. The SMILES string of the molecule is Cn1c(=O)n(-c2ccc(C[C@H](NC(=O)c3cc(F)c(NS(=O)(=O)c4ccc(NC(=O)C5CCOCC5)cc4)cc3F)C(=O)O)cc2)c(=O)c2ccncc21. The number of rotatable bonds is 11. The number of carbonyl (C=O) groups is 3. The fourth-order valence-corrected chi connectivity index (χ4v) is 6.96. The summed E-state index contributed by atoms with van der Waals surface area (Å²) in [6, 6.07) is 11.5. The number of sulfonamides is 1. The highest BCUT2D eigenvalue weighted by Crippen LogP contribution is 2.25. The van der Waals surface area contributed by atoms with E-state index in [0.29, 0.717) is 55.0 Å². The van der Waals surface area contributed by atoms with Gasteiger partial charge in [0, 0.05) is 50.6 Å².